The summed E-state index contributed by atoms with van der Waals surface area (Å²) >= 11 is 0. The summed E-state index contributed by atoms with van der Waals surface area (Å²) in [6, 6.07) is 6.91. The molecule has 0 saturated carbocycles. The van der Waals surface area contributed by atoms with Gasteiger partial charge in [0, 0.05) is 50.3 Å². The Morgan fingerprint density at radius 1 is 1.22 bits per heavy atom. The van der Waals surface area contributed by atoms with E-state index in [4.69, 9.17) is 9.84 Å². The third-order valence-electron chi connectivity index (χ3n) is 5.23. The predicted molar refractivity (Wildman–Crippen MR) is 106 cm³/mol. The second-order valence-electron chi connectivity index (χ2n) is 8.53. The lowest BCUT2D eigenvalue weighted by molar-refractivity contribution is 0.0240. The molecule has 1 aromatic carbocycles. The van der Waals surface area contributed by atoms with E-state index < -0.39 is 5.60 Å². The molecule has 27 heavy (non-hydrogen) atoms. The van der Waals surface area contributed by atoms with Crippen molar-refractivity contribution in [1.29, 1.82) is 0 Å². The van der Waals surface area contributed by atoms with Crippen molar-refractivity contribution in [3.63, 3.8) is 0 Å². The molecule has 0 spiro atoms. The summed E-state index contributed by atoms with van der Waals surface area (Å²) < 4.78 is 7.64. The lowest BCUT2D eigenvalue weighted by atomic mass is 10.1. The van der Waals surface area contributed by atoms with Crippen molar-refractivity contribution in [2.75, 3.05) is 37.6 Å². The van der Waals surface area contributed by atoms with Crippen molar-refractivity contribution in [3.05, 3.63) is 23.9 Å². The zero-order chi connectivity index (χ0) is 19.2. The van der Waals surface area contributed by atoms with Gasteiger partial charge in [0.05, 0.1) is 17.3 Å². The van der Waals surface area contributed by atoms with Crippen LogP contribution in [0.1, 0.15) is 39.4 Å². The fourth-order valence-electron chi connectivity index (χ4n) is 3.84. The highest BCUT2D eigenvalue weighted by Crippen LogP contribution is 2.28. The maximum Gasteiger partial charge on any atom is 0.410 e. The first-order valence-corrected chi connectivity index (χ1v) is 9.76. The molecule has 1 saturated heterocycles. The second-order valence-corrected chi connectivity index (χ2v) is 8.53. The van der Waals surface area contributed by atoms with Gasteiger partial charge in [0.2, 0.25) is 0 Å². The van der Waals surface area contributed by atoms with Gasteiger partial charge in [-0.2, -0.15) is 5.10 Å². The smallest absolute Gasteiger partial charge is 0.410 e. The Labute approximate surface area is 160 Å². The Kier molecular flexibility index (Phi) is 4.50. The number of nitrogens with zero attached hydrogens (tertiary/aromatic N) is 4. The highest BCUT2D eigenvalue weighted by Gasteiger charge is 2.26. The van der Waals surface area contributed by atoms with Crippen LogP contribution in [0.15, 0.2) is 18.2 Å². The molecule has 2 aliphatic heterocycles. The fourth-order valence-corrected chi connectivity index (χ4v) is 3.84. The maximum atomic E-state index is 12.2. The number of piperazine rings is 1. The monoisotopic (exact) mass is 371 g/mol. The average molecular weight is 371 g/mol. The van der Waals surface area contributed by atoms with Gasteiger partial charge in [0.15, 0.2) is 0 Å². The molecule has 3 heterocycles. The normalized spacial score (nSPS) is 20.7. The summed E-state index contributed by atoms with van der Waals surface area (Å²) in [5.41, 5.74) is 3.03. The van der Waals surface area contributed by atoms with Crippen LogP contribution in [0.5, 0.6) is 0 Å². The van der Waals surface area contributed by atoms with E-state index in [0.717, 1.165) is 31.7 Å². The van der Waals surface area contributed by atoms with Crippen LogP contribution in [0.25, 0.3) is 10.9 Å². The average Bonchev–Trinajstić information content (AvgIpc) is 3.00. The van der Waals surface area contributed by atoms with Crippen LogP contribution < -0.4 is 10.2 Å². The summed E-state index contributed by atoms with van der Waals surface area (Å²) in [6.07, 6.45) is -0.221. The number of hydrogen-bond donors (Lipinski definition) is 1. The Morgan fingerprint density at radius 2 is 1.96 bits per heavy atom. The van der Waals surface area contributed by atoms with E-state index >= 15 is 0 Å². The fraction of sp³-hybridized carbons (Fsp3) is 0.600. The maximum absolute atomic E-state index is 12.2. The zero-order valence-corrected chi connectivity index (χ0v) is 16.7. The number of ether oxygens (including phenoxy) is 1. The number of benzene rings is 1. The van der Waals surface area contributed by atoms with Crippen LogP contribution in [0.4, 0.5) is 10.5 Å². The van der Waals surface area contributed by atoms with Gasteiger partial charge in [-0.3, -0.25) is 4.68 Å². The number of rotatable bonds is 1. The largest absolute Gasteiger partial charge is 0.444 e. The van der Waals surface area contributed by atoms with Crippen molar-refractivity contribution in [1.82, 2.24) is 20.0 Å². The van der Waals surface area contributed by atoms with Crippen molar-refractivity contribution in [2.24, 2.45) is 0 Å². The van der Waals surface area contributed by atoms with Crippen LogP contribution in [-0.2, 0) is 11.3 Å². The summed E-state index contributed by atoms with van der Waals surface area (Å²) in [4.78, 5) is 16.4. The predicted octanol–water partition coefficient (Wildman–Crippen LogP) is 2.76. The van der Waals surface area contributed by atoms with Crippen LogP contribution in [0.3, 0.4) is 0 Å². The van der Waals surface area contributed by atoms with Crippen LogP contribution >= 0.6 is 0 Å². The highest BCUT2D eigenvalue weighted by atomic mass is 16.6. The highest BCUT2D eigenvalue weighted by molar-refractivity contribution is 5.85. The Balaban J connectivity index is 1.47. The first kappa shape index (κ1) is 18.1. The molecular formula is C20H29N5O2. The molecule has 7 heteroatoms. The van der Waals surface area contributed by atoms with E-state index in [1.807, 2.05) is 20.8 Å². The van der Waals surface area contributed by atoms with Gasteiger partial charge in [-0.25, -0.2) is 4.79 Å². The first-order chi connectivity index (χ1) is 12.8. The number of amides is 1. The van der Waals surface area contributed by atoms with Crippen LogP contribution in [0.2, 0.25) is 0 Å². The van der Waals surface area contributed by atoms with Crippen LogP contribution in [-0.4, -0.2) is 59.1 Å². The van der Waals surface area contributed by atoms with E-state index in [9.17, 15) is 4.79 Å². The molecule has 0 bridgehead atoms. The Morgan fingerprint density at radius 3 is 2.67 bits per heavy atom. The first-order valence-electron chi connectivity index (χ1n) is 9.76. The third-order valence-corrected chi connectivity index (χ3v) is 5.23. The van der Waals surface area contributed by atoms with Crippen molar-refractivity contribution in [3.8, 4) is 0 Å². The van der Waals surface area contributed by atoms with Gasteiger partial charge in [-0.15, -0.1) is 0 Å². The summed E-state index contributed by atoms with van der Waals surface area (Å²) in [5, 5.41) is 9.52. The molecule has 1 amide bonds. The number of anilines is 1. The minimum Gasteiger partial charge on any atom is -0.444 e. The second kappa shape index (κ2) is 6.71. The number of hydrogen-bond acceptors (Lipinski definition) is 5. The number of aromatic nitrogens is 2. The lowest BCUT2D eigenvalue weighted by Gasteiger charge is -2.36. The van der Waals surface area contributed by atoms with Gasteiger partial charge in [-0.1, -0.05) is 0 Å². The number of fused-ring (bicyclic) bond motifs is 3. The van der Waals surface area contributed by atoms with E-state index in [1.54, 1.807) is 4.90 Å². The molecule has 1 aromatic heterocycles. The zero-order valence-electron chi connectivity index (χ0n) is 16.7. The van der Waals surface area contributed by atoms with Crippen molar-refractivity contribution in [2.45, 2.75) is 45.9 Å². The minimum absolute atomic E-state index is 0.221. The van der Waals surface area contributed by atoms with Crippen molar-refractivity contribution >= 4 is 22.7 Å². The number of carbonyl (C=O) groups is 1. The van der Waals surface area contributed by atoms with Gasteiger partial charge in [0.1, 0.15) is 5.60 Å². The molecule has 1 fully saturated rings. The Hall–Kier alpha value is -2.28. The van der Waals surface area contributed by atoms with E-state index in [0.29, 0.717) is 19.1 Å². The number of carbonyl (C=O) groups excluding carboxylic acids is 1. The summed E-state index contributed by atoms with van der Waals surface area (Å²) in [5.74, 6) is 0. The molecule has 0 aliphatic carbocycles. The molecule has 7 nitrogen and oxygen atoms in total. The molecule has 0 radical (unpaired) electrons. The van der Waals surface area contributed by atoms with Gasteiger partial charge in [-0.05, 0) is 45.9 Å². The molecule has 0 unspecified atom stereocenters. The van der Waals surface area contributed by atoms with E-state index in [-0.39, 0.29) is 6.09 Å². The molecular weight excluding hydrogens is 342 g/mol. The lowest BCUT2D eigenvalue weighted by Crippen LogP contribution is -2.50. The van der Waals surface area contributed by atoms with E-state index in [1.165, 1.54) is 16.8 Å². The van der Waals surface area contributed by atoms with E-state index in [2.05, 4.69) is 40.0 Å². The van der Waals surface area contributed by atoms with Gasteiger partial charge >= 0.3 is 6.09 Å². The quantitative estimate of drug-likeness (QED) is 0.835. The van der Waals surface area contributed by atoms with Crippen molar-refractivity contribution < 1.29 is 9.53 Å². The summed E-state index contributed by atoms with van der Waals surface area (Å²) in [6.45, 7) is 12.7. The molecule has 2 aliphatic rings. The standard InChI is InChI=1S/C20H29N5O2/c1-14-12-21-13-18-16-6-5-15(11-17(16)22-25(14)18)23-7-9-24(10-8-23)19(26)27-20(2,3)4/h5-6,11,14,21H,7-10,12-13H2,1-4H3/t14-/m1/s1. The molecule has 1 atom stereocenters. The molecule has 4 rings (SSSR count). The topological polar surface area (TPSA) is 62.6 Å². The number of nitrogens with one attached hydrogen (secondary N) is 1. The Bertz CT molecular complexity index is 846. The summed E-state index contributed by atoms with van der Waals surface area (Å²) in [7, 11) is 0. The third kappa shape index (κ3) is 3.60. The molecule has 2 aromatic rings. The van der Waals surface area contributed by atoms with Gasteiger partial charge < -0.3 is 19.9 Å². The SMILES string of the molecule is C[C@@H]1CNCc2c3ccc(N4CCN(C(=O)OC(C)(C)C)CC4)cc3nn21. The van der Waals surface area contributed by atoms with Crippen LogP contribution in [0, 0.1) is 0 Å². The minimum atomic E-state index is -0.453. The van der Waals surface area contributed by atoms with Gasteiger partial charge in [0.25, 0.3) is 0 Å². The molecule has 1 N–H and O–H groups in total. The molecule has 146 valence electrons.